The Morgan fingerprint density at radius 2 is 1.93 bits per heavy atom. The molecule has 15 heavy (non-hydrogen) atoms. The minimum Gasteiger partial charge on any atom is -0.328 e. The molecule has 2 rings (SSSR count). The highest BCUT2D eigenvalue weighted by Crippen LogP contribution is 2.36. The molecule has 0 amide bonds. The van der Waals surface area contributed by atoms with Crippen LogP contribution in [-0.4, -0.2) is 38.9 Å². The first-order valence-corrected chi connectivity index (χ1v) is 6.91. The molecule has 0 aromatic rings. The van der Waals surface area contributed by atoms with Crippen LogP contribution in [0.25, 0.3) is 0 Å². The van der Waals surface area contributed by atoms with Crippen molar-refractivity contribution in [3.63, 3.8) is 0 Å². The van der Waals surface area contributed by atoms with Crippen molar-refractivity contribution in [1.29, 1.82) is 0 Å². The van der Waals surface area contributed by atoms with Gasteiger partial charge in [0.25, 0.3) is 10.2 Å². The van der Waals surface area contributed by atoms with Gasteiger partial charge in [0.1, 0.15) is 0 Å². The van der Waals surface area contributed by atoms with Crippen LogP contribution in [0, 0.1) is 11.8 Å². The lowest BCUT2D eigenvalue weighted by Gasteiger charge is -2.28. The highest BCUT2D eigenvalue weighted by molar-refractivity contribution is 7.87. The van der Waals surface area contributed by atoms with E-state index in [-0.39, 0.29) is 6.04 Å². The van der Waals surface area contributed by atoms with Crippen molar-refractivity contribution < 1.29 is 8.42 Å². The van der Waals surface area contributed by atoms with Crippen LogP contribution >= 0.6 is 0 Å². The quantitative estimate of drug-likeness (QED) is 0.676. The average Bonchev–Trinajstić information content (AvgIpc) is 2.61. The van der Waals surface area contributed by atoms with E-state index in [1.807, 2.05) is 0 Å². The molecule has 0 aromatic heterocycles. The van der Waals surface area contributed by atoms with Gasteiger partial charge in [-0.1, -0.05) is 0 Å². The van der Waals surface area contributed by atoms with Crippen molar-refractivity contribution in [2.75, 3.05) is 20.1 Å². The highest BCUT2D eigenvalue weighted by Gasteiger charge is 2.40. The third-order valence-electron chi connectivity index (χ3n) is 3.65. The zero-order valence-corrected chi connectivity index (χ0v) is 9.83. The second kappa shape index (κ2) is 4.01. The molecule has 1 unspecified atom stereocenters. The first kappa shape index (κ1) is 11.3. The fourth-order valence-electron chi connectivity index (χ4n) is 2.75. The summed E-state index contributed by atoms with van der Waals surface area (Å²) < 4.78 is 27.1. The largest absolute Gasteiger partial charge is 0.328 e. The summed E-state index contributed by atoms with van der Waals surface area (Å²) in [6, 6.07) is 0.267. The maximum atomic E-state index is 11.6. The van der Waals surface area contributed by atoms with E-state index < -0.39 is 10.2 Å². The number of rotatable bonds is 2. The Morgan fingerprint density at radius 3 is 2.60 bits per heavy atom. The van der Waals surface area contributed by atoms with Crippen LogP contribution < -0.4 is 10.5 Å². The van der Waals surface area contributed by atoms with E-state index in [0.717, 1.165) is 19.3 Å². The second-order valence-corrected chi connectivity index (χ2v) is 6.49. The van der Waals surface area contributed by atoms with Gasteiger partial charge in [-0.25, -0.2) is 4.72 Å². The maximum Gasteiger partial charge on any atom is 0.279 e. The van der Waals surface area contributed by atoms with Gasteiger partial charge in [-0.05, 0) is 31.1 Å². The van der Waals surface area contributed by atoms with E-state index >= 15 is 0 Å². The minimum atomic E-state index is -3.23. The number of hydrogen-bond acceptors (Lipinski definition) is 3. The summed E-state index contributed by atoms with van der Waals surface area (Å²) in [4.78, 5) is 0. The lowest BCUT2D eigenvalue weighted by molar-refractivity contribution is 0.271. The summed E-state index contributed by atoms with van der Waals surface area (Å²) in [5, 5.41) is 0. The molecule has 1 aliphatic carbocycles. The second-order valence-electron chi connectivity index (χ2n) is 4.62. The molecule has 0 spiro atoms. The zero-order valence-electron chi connectivity index (χ0n) is 9.02. The van der Waals surface area contributed by atoms with Gasteiger partial charge in [-0.3, -0.25) is 0 Å². The summed E-state index contributed by atoms with van der Waals surface area (Å²) in [6.07, 6.45) is 3.08. The van der Waals surface area contributed by atoms with Crippen LogP contribution in [0.2, 0.25) is 0 Å². The topological polar surface area (TPSA) is 75.4 Å². The Kier molecular flexibility index (Phi) is 3.03. The molecule has 1 heterocycles. The molecule has 0 bridgehead atoms. The fraction of sp³-hybridized carbons (Fsp3) is 1.00. The molecule has 88 valence electrons. The van der Waals surface area contributed by atoms with Crippen molar-refractivity contribution in [2.24, 2.45) is 17.6 Å². The predicted molar refractivity (Wildman–Crippen MR) is 58.4 cm³/mol. The summed E-state index contributed by atoms with van der Waals surface area (Å²) in [6.45, 7) is 1.31. The van der Waals surface area contributed by atoms with Crippen molar-refractivity contribution in [2.45, 2.75) is 25.3 Å². The summed E-state index contributed by atoms with van der Waals surface area (Å²) >= 11 is 0. The van der Waals surface area contributed by atoms with E-state index in [9.17, 15) is 8.42 Å². The van der Waals surface area contributed by atoms with Gasteiger partial charge < -0.3 is 5.73 Å². The Hall–Kier alpha value is -0.170. The summed E-state index contributed by atoms with van der Waals surface area (Å²) in [5.74, 6) is 0.991. The lowest BCUT2D eigenvalue weighted by atomic mass is 9.79. The van der Waals surface area contributed by atoms with E-state index in [2.05, 4.69) is 4.72 Å². The molecule has 1 aliphatic heterocycles. The molecule has 3 N–H and O–H groups in total. The Labute approximate surface area is 91.2 Å². The first-order chi connectivity index (χ1) is 7.03. The lowest BCUT2D eigenvalue weighted by Crippen LogP contribution is -2.37. The van der Waals surface area contributed by atoms with Gasteiger partial charge >= 0.3 is 0 Å². The fourth-order valence-corrected chi connectivity index (χ4v) is 3.78. The Bertz CT molecular complexity index is 330. The highest BCUT2D eigenvalue weighted by atomic mass is 32.2. The molecular formula is C9H19N3O2S. The standard InChI is InChI=1S/C9H19N3O2S/c1-11-15(13,14)12-5-7-2-3-9(10)4-8(7)6-12/h7-9,11H,2-6,10H2,1H3/t7-,8+,9?/m1/s1. The number of fused-ring (bicyclic) bond motifs is 1. The first-order valence-electron chi connectivity index (χ1n) is 5.47. The smallest absolute Gasteiger partial charge is 0.279 e. The molecule has 5 nitrogen and oxygen atoms in total. The van der Waals surface area contributed by atoms with Crippen LogP contribution in [0.15, 0.2) is 0 Å². The monoisotopic (exact) mass is 233 g/mol. The van der Waals surface area contributed by atoms with Gasteiger partial charge in [-0.2, -0.15) is 12.7 Å². The van der Waals surface area contributed by atoms with Gasteiger partial charge in [0.05, 0.1) is 0 Å². The van der Waals surface area contributed by atoms with Gasteiger partial charge in [0, 0.05) is 26.2 Å². The maximum absolute atomic E-state index is 11.6. The number of nitrogens with one attached hydrogen (secondary N) is 1. The van der Waals surface area contributed by atoms with Crippen molar-refractivity contribution in [3.05, 3.63) is 0 Å². The molecule has 0 aromatic carbocycles. The van der Waals surface area contributed by atoms with Gasteiger partial charge in [0.15, 0.2) is 0 Å². The van der Waals surface area contributed by atoms with Gasteiger partial charge in [0.2, 0.25) is 0 Å². The molecule has 2 aliphatic rings. The van der Waals surface area contributed by atoms with Crippen LogP contribution in [0.1, 0.15) is 19.3 Å². The van der Waals surface area contributed by atoms with Crippen molar-refractivity contribution in [1.82, 2.24) is 9.03 Å². The molecule has 1 saturated heterocycles. The third-order valence-corrected chi connectivity index (χ3v) is 5.15. The van der Waals surface area contributed by atoms with Gasteiger partial charge in [-0.15, -0.1) is 0 Å². The van der Waals surface area contributed by atoms with Crippen LogP contribution in [0.3, 0.4) is 0 Å². The van der Waals surface area contributed by atoms with Crippen molar-refractivity contribution in [3.8, 4) is 0 Å². The molecule has 2 fully saturated rings. The zero-order chi connectivity index (χ0) is 11.1. The predicted octanol–water partition coefficient (Wildman–Crippen LogP) is -0.490. The van der Waals surface area contributed by atoms with Crippen LogP contribution in [-0.2, 0) is 10.2 Å². The number of nitrogens with zero attached hydrogens (tertiary/aromatic N) is 1. The molecule has 0 radical (unpaired) electrons. The summed E-state index contributed by atoms with van der Waals surface area (Å²) in [5.41, 5.74) is 5.89. The summed E-state index contributed by atoms with van der Waals surface area (Å²) in [7, 11) is -1.77. The Balaban J connectivity index is 2.05. The normalized spacial score (nSPS) is 37.9. The minimum absolute atomic E-state index is 0.267. The van der Waals surface area contributed by atoms with Crippen molar-refractivity contribution >= 4 is 10.2 Å². The Morgan fingerprint density at radius 1 is 1.27 bits per heavy atom. The van der Waals surface area contributed by atoms with Crippen LogP contribution in [0.4, 0.5) is 0 Å². The molecule has 6 heteroatoms. The average molecular weight is 233 g/mol. The van der Waals surface area contributed by atoms with E-state index in [1.165, 1.54) is 7.05 Å². The molecular weight excluding hydrogens is 214 g/mol. The SMILES string of the molecule is CNS(=O)(=O)N1C[C@H]2CCC(N)C[C@H]2C1. The van der Waals surface area contributed by atoms with E-state index in [1.54, 1.807) is 4.31 Å². The third kappa shape index (κ3) is 2.18. The number of nitrogens with two attached hydrogens (primary N) is 1. The van der Waals surface area contributed by atoms with E-state index in [4.69, 9.17) is 5.73 Å². The number of hydrogen-bond donors (Lipinski definition) is 2. The molecule has 1 saturated carbocycles. The molecule has 3 atom stereocenters. The van der Waals surface area contributed by atoms with Crippen LogP contribution in [0.5, 0.6) is 0 Å². The van der Waals surface area contributed by atoms with E-state index in [0.29, 0.717) is 24.9 Å².